The van der Waals surface area contributed by atoms with Crippen LogP contribution in [-0.4, -0.2) is 29.4 Å². The van der Waals surface area contributed by atoms with E-state index in [0.29, 0.717) is 18.8 Å². The minimum Gasteiger partial charge on any atom is -0.477 e. The Labute approximate surface area is 70.4 Å². The van der Waals surface area contributed by atoms with Crippen LogP contribution in [-0.2, 0) is 11.3 Å². The third kappa shape index (κ3) is 1.85. The van der Waals surface area contributed by atoms with Crippen molar-refractivity contribution in [3.8, 4) is 0 Å². The Morgan fingerprint density at radius 3 is 3.08 bits per heavy atom. The van der Waals surface area contributed by atoms with Crippen LogP contribution in [0.5, 0.6) is 0 Å². The SMILES string of the molecule is COCCn1cccc1C(=O)O. The molecule has 4 heteroatoms. The molecule has 0 bridgehead atoms. The summed E-state index contributed by atoms with van der Waals surface area (Å²) in [5.74, 6) is -0.906. The van der Waals surface area contributed by atoms with E-state index in [1.807, 2.05) is 0 Å². The van der Waals surface area contributed by atoms with Gasteiger partial charge >= 0.3 is 5.97 Å². The third-order valence-corrected chi connectivity index (χ3v) is 1.58. The van der Waals surface area contributed by atoms with Crippen LogP contribution in [0.4, 0.5) is 0 Å². The second kappa shape index (κ2) is 3.92. The van der Waals surface area contributed by atoms with Crippen molar-refractivity contribution in [3.05, 3.63) is 24.0 Å². The highest BCUT2D eigenvalue weighted by molar-refractivity contribution is 5.85. The maximum absolute atomic E-state index is 10.6. The average molecular weight is 169 g/mol. The summed E-state index contributed by atoms with van der Waals surface area (Å²) in [7, 11) is 1.59. The molecule has 0 radical (unpaired) electrons. The first-order valence-electron chi connectivity index (χ1n) is 3.63. The summed E-state index contributed by atoms with van der Waals surface area (Å²) in [6.07, 6.45) is 1.72. The normalized spacial score (nSPS) is 10.1. The van der Waals surface area contributed by atoms with Crippen LogP contribution in [0, 0.1) is 0 Å². The first-order valence-corrected chi connectivity index (χ1v) is 3.63. The molecule has 0 aliphatic rings. The van der Waals surface area contributed by atoms with E-state index in [9.17, 15) is 4.79 Å². The molecule has 1 N–H and O–H groups in total. The Morgan fingerprint density at radius 1 is 1.75 bits per heavy atom. The van der Waals surface area contributed by atoms with Gasteiger partial charge in [-0.1, -0.05) is 0 Å². The Morgan fingerprint density at radius 2 is 2.50 bits per heavy atom. The molecular weight excluding hydrogens is 158 g/mol. The molecule has 0 atom stereocenters. The molecule has 12 heavy (non-hydrogen) atoms. The minimum absolute atomic E-state index is 0.298. The van der Waals surface area contributed by atoms with Crippen LogP contribution in [0.25, 0.3) is 0 Å². The van der Waals surface area contributed by atoms with Crippen molar-refractivity contribution < 1.29 is 14.6 Å². The summed E-state index contributed by atoms with van der Waals surface area (Å²) in [6, 6.07) is 3.27. The number of carboxylic acid groups (broad SMARTS) is 1. The van der Waals surface area contributed by atoms with Gasteiger partial charge in [-0.05, 0) is 12.1 Å². The van der Waals surface area contributed by atoms with Crippen LogP contribution in [0.2, 0.25) is 0 Å². The van der Waals surface area contributed by atoms with Crippen molar-refractivity contribution >= 4 is 5.97 Å². The van der Waals surface area contributed by atoms with E-state index in [4.69, 9.17) is 9.84 Å². The fourth-order valence-corrected chi connectivity index (χ4v) is 0.993. The number of hydrogen-bond donors (Lipinski definition) is 1. The standard InChI is InChI=1S/C8H11NO3/c1-12-6-5-9-4-2-3-7(9)8(10)11/h2-4H,5-6H2,1H3,(H,10,11). The molecule has 0 saturated heterocycles. The Balaban J connectivity index is 2.70. The summed E-state index contributed by atoms with van der Waals surface area (Å²) >= 11 is 0. The van der Waals surface area contributed by atoms with E-state index in [-0.39, 0.29) is 0 Å². The minimum atomic E-state index is -0.906. The highest BCUT2D eigenvalue weighted by Crippen LogP contribution is 2.01. The summed E-state index contributed by atoms with van der Waals surface area (Å²) in [5.41, 5.74) is 0.298. The molecular formula is C8H11NO3. The number of carboxylic acids is 1. The van der Waals surface area contributed by atoms with Gasteiger partial charge in [0.25, 0.3) is 0 Å². The lowest BCUT2D eigenvalue weighted by atomic mass is 10.4. The predicted molar refractivity (Wildman–Crippen MR) is 43.3 cm³/mol. The zero-order chi connectivity index (χ0) is 8.97. The molecule has 0 aliphatic heterocycles. The van der Waals surface area contributed by atoms with Crippen molar-refractivity contribution in [1.82, 2.24) is 4.57 Å². The Kier molecular flexibility index (Phi) is 2.88. The summed E-state index contributed by atoms with van der Waals surface area (Å²) in [5, 5.41) is 8.69. The molecule has 1 aromatic rings. The van der Waals surface area contributed by atoms with Crippen molar-refractivity contribution in [1.29, 1.82) is 0 Å². The van der Waals surface area contributed by atoms with Crippen LogP contribution in [0.15, 0.2) is 18.3 Å². The molecule has 66 valence electrons. The van der Waals surface area contributed by atoms with E-state index < -0.39 is 5.97 Å². The van der Waals surface area contributed by atoms with E-state index in [1.54, 1.807) is 30.0 Å². The first kappa shape index (κ1) is 8.80. The molecule has 4 nitrogen and oxygen atoms in total. The smallest absolute Gasteiger partial charge is 0.352 e. The number of ether oxygens (including phenoxy) is 1. The van der Waals surface area contributed by atoms with Gasteiger partial charge in [-0.3, -0.25) is 0 Å². The molecule has 0 fully saturated rings. The maximum Gasteiger partial charge on any atom is 0.352 e. The second-order valence-electron chi connectivity index (χ2n) is 2.38. The van der Waals surface area contributed by atoms with E-state index in [0.717, 1.165) is 0 Å². The summed E-state index contributed by atoms with van der Waals surface area (Å²) < 4.78 is 6.48. The molecule has 0 aliphatic carbocycles. The highest BCUT2D eigenvalue weighted by Gasteiger charge is 2.06. The van der Waals surface area contributed by atoms with Crippen molar-refractivity contribution in [2.45, 2.75) is 6.54 Å². The van der Waals surface area contributed by atoms with Crippen LogP contribution < -0.4 is 0 Å². The van der Waals surface area contributed by atoms with Crippen LogP contribution in [0.3, 0.4) is 0 Å². The molecule has 0 amide bonds. The molecule has 1 rings (SSSR count). The van der Waals surface area contributed by atoms with Gasteiger partial charge in [-0.25, -0.2) is 4.79 Å². The Bertz CT molecular complexity index is 267. The number of aromatic nitrogens is 1. The number of methoxy groups -OCH3 is 1. The van der Waals surface area contributed by atoms with Gasteiger partial charge in [0.2, 0.25) is 0 Å². The topological polar surface area (TPSA) is 51.5 Å². The van der Waals surface area contributed by atoms with Crippen molar-refractivity contribution in [2.24, 2.45) is 0 Å². The zero-order valence-electron chi connectivity index (χ0n) is 6.86. The summed E-state index contributed by atoms with van der Waals surface area (Å²) in [6.45, 7) is 1.10. The van der Waals surface area contributed by atoms with E-state index in [2.05, 4.69) is 0 Å². The van der Waals surface area contributed by atoms with Gasteiger partial charge in [0.1, 0.15) is 5.69 Å². The van der Waals surface area contributed by atoms with Crippen LogP contribution >= 0.6 is 0 Å². The zero-order valence-corrected chi connectivity index (χ0v) is 6.86. The number of nitrogens with zero attached hydrogens (tertiary/aromatic N) is 1. The monoisotopic (exact) mass is 169 g/mol. The summed E-state index contributed by atoms with van der Waals surface area (Å²) in [4.78, 5) is 10.6. The predicted octanol–water partition coefficient (Wildman–Crippen LogP) is 0.833. The fourth-order valence-electron chi connectivity index (χ4n) is 0.993. The average Bonchev–Trinajstić information content (AvgIpc) is 2.48. The molecule has 1 aromatic heterocycles. The lowest BCUT2D eigenvalue weighted by Gasteiger charge is -2.03. The molecule has 0 saturated carbocycles. The molecule has 1 heterocycles. The van der Waals surface area contributed by atoms with Crippen molar-refractivity contribution in [2.75, 3.05) is 13.7 Å². The lowest BCUT2D eigenvalue weighted by Crippen LogP contribution is -2.10. The maximum atomic E-state index is 10.6. The number of aromatic carboxylic acids is 1. The van der Waals surface area contributed by atoms with E-state index in [1.165, 1.54) is 0 Å². The fraction of sp³-hybridized carbons (Fsp3) is 0.375. The van der Waals surface area contributed by atoms with Gasteiger partial charge in [0, 0.05) is 19.9 Å². The highest BCUT2D eigenvalue weighted by atomic mass is 16.5. The van der Waals surface area contributed by atoms with E-state index >= 15 is 0 Å². The van der Waals surface area contributed by atoms with Gasteiger partial charge in [0.05, 0.1) is 6.61 Å². The van der Waals surface area contributed by atoms with Gasteiger partial charge < -0.3 is 14.4 Å². The second-order valence-corrected chi connectivity index (χ2v) is 2.38. The van der Waals surface area contributed by atoms with Gasteiger partial charge in [-0.2, -0.15) is 0 Å². The number of rotatable bonds is 4. The number of carbonyl (C=O) groups is 1. The molecule has 0 unspecified atom stereocenters. The van der Waals surface area contributed by atoms with Gasteiger partial charge in [0.15, 0.2) is 0 Å². The molecule has 0 spiro atoms. The largest absolute Gasteiger partial charge is 0.477 e. The quantitative estimate of drug-likeness (QED) is 0.726. The lowest BCUT2D eigenvalue weighted by molar-refractivity contribution is 0.0682. The Hall–Kier alpha value is -1.29. The van der Waals surface area contributed by atoms with Crippen LogP contribution in [0.1, 0.15) is 10.5 Å². The first-order chi connectivity index (χ1) is 5.75. The molecule has 0 aromatic carbocycles. The van der Waals surface area contributed by atoms with Crippen molar-refractivity contribution in [3.63, 3.8) is 0 Å². The van der Waals surface area contributed by atoms with Gasteiger partial charge in [-0.15, -0.1) is 0 Å². The number of hydrogen-bond acceptors (Lipinski definition) is 2. The third-order valence-electron chi connectivity index (χ3n) is 1.58.